The zero-order chi connectivity index (χ0) is 15.3. The number of ether oxygens (including phenoxy) is 1. The Labute approximate surface area is 123 Å². The molecule has 0 radical (unpaired) electrons. The SMILES string of the molecule is O=C(ON1C(=O)c2ccccc2C1=O)c1cc2n(n1)CCO2. The van der Waals surface area contributed by atoms with Crippen molar-refractivity contribution in [2.75, 3.05) is 6.61 Å². The molecule has 0 fully saturated rings. The maximum atomic E-state index is 12.1. The van der Waals surface area contributed by atoms with E-state index in [1.807, 2.05) is 0 Å². The first-order chi connectivity index (χ1) is 10.6. The number of benzene rings is 1. The van der Waals surface area contributed by atoms with Crippen molar-refractivity contribution in [3.8, 4) is 5.88 Å². The Balaban J connectivity index is 1.58. The number of carbonyl (C=O) groups excluding carboxylic acids is 3. The molecule has 8 heteroatoms. The fourth-order valence-corrected chi connectivity index (χ4v) is 2.39. The average Bonchev–Trinajstić information content (AvgIpc) is 3.17. The summed E-state index contributed by atoms with van der Waals surface area (Å²) in [6, 6.07) is 7.68. The summed E-state index contributed by atoms with van der Waals surface area (Å²) >= 11 is 0. The van der Waals surface area contributed by atoms with Gasteiger partial charge in [-0.1, -0.05) is 17.2 Å². The van der Waals surface area contributed by atoms with Gasteiger partial charge in [-0.3, -0.25) is 9.59 Å². The van der Waals surface area contributed by atoms with Crippen LogP contribution in [0, 0.1) is 0 Å². The van der Waals surface area contributed by atoms with Gasteiger partial charge in [-0.2, -0.15) is 5.10 Å². The topological polar surface area (TPSA) is 90.7 Å². The number of hydrogen-bond donors (Lipinski definition) is 0. The van der Waals surface area contributed by atoms with Gasteiger partial charge in [0.1, 0.15) is 6.61 Å². The van der Waals surface area contributed by atoms with E-state index in [0.29, 0.717) is 24.1 Å². The maximum Gasteiger partial charge on any atom is 0.384 e. The molecule has 0 bridgehead atoms. The van der Waals surface area contributed by atoms with Crippen molar-refractivity contribution in [2.24, 2.45) is 0 Å². The lowest BCUT2D eigenvalue weighted by molar-refractivity contribution is -0.0589. The number of amides is 2. The number of fused-ring (bicyclic) bond motifs is 2. The zero-order valence-corrected chi connectivity index (χ0v) is 11.2. The van der Waals surface area contributed by atoms with Gasteiger partial charge in [-0.15, -0.1) is 0 Å². The first kappa shape index (κ1) is 12.6. The summed E-state index contributed by atoms with van der Waals surface area (Å²) in [5.74, 6) is -1.77. The van der Waals surface area contributed by atoms with Gasteiger partial charge in [0.05, 0.1) is 17.7 Å². The van der Waals surface area contributed by atoms with Gasteiger partial charge in [0.15, 0.2) is 5.69 Å². The highest BCUT2D eigenvalue weighted by Gasteiger charge is 2.39. The molecular weight excluding hydrogens is 290 g/mol. The molecule has 8 nitrogen and oxygen atoms in total. The standard InChI is InChI=1S/C14H9N3O5/c18-12-8-3-1-2-4-9(8)13(19)17(12)22-14(20)10-7-11-16(15-10)5-6-21-11/h1-4,7H,5-6H2. The quantitative estimate of drug-likeness (QED) is 0.756. The Hall–Kier alpha value is -3.16. The fraction of sp³-hybridized carbons (Fsp3) is 0.143. The molecule has 2 aromatic rings. The third-order valence-corrected chi connectivity index (χ3v) is 3.44. The average molecular weight is 299 g/mol. The second-order valence-corrected chi connectivity index (χ2v) is 4.77. The summed E-state index contributed by atoms with van der Waals surface area (Å²) < 4.78 is 6.75. The van der Waals surface area contributed by atoms with Gasteiger partial charge >= 0.3 is 5.97 Å². The number of hydrogen-bond acceptors (Lipinski definition) is 6. The molecule has 4 rings (SSSR count). The Morgan fingerprint density at radius 3 is 2.50 bits per heavy atom. The lowest BCUT2D eigenvalue weighted by atomic mass is 10.1. The molecule has 0 aliphatic carbocycles. The lowest BCUT2D eigenvalue weighted by Crippen LogP contribution is -2.32. The van der Waals surface area contributed by atoms with Crippen molar-refractivity contribution in [2.45, 2.75) is 6.54 Å². The van der Waals surface area contributed by atoms with Crippen molar-refractivity contribution in [1.82, 2.24) is 14.8 Å². The Bertz CT molecular complexity index is 769. The molecule has 22 heavy (non-hydrogen) atoms. The van der Waals surface area contributed by atoms with Crippen LogP contribution in [0.5, 0.6) is 5.88 Å². The number of imide groups is 1. The molecule has 0 saturated heterocycles. The predicted molar refractivity (Wildman–Crippen MR) is 70.1 cm³/mol. The summed E-state index contributed by atoms with van der Waals surface area (Å²) in [5, 5.41) is 4.46. The van der Waals surface area contributed by atoms with E-state index in [2.05, 4.69) is 5.10 Å². The van der Waals surface area contributed by atoms with Crippen molar-refractivity contribution >= 4 is 17.8 Å². The normalized spacial score (nSPS) is 15.5. The summed E-state index contributed by atoms with van der Waals surface area (Å²) in [4.78, 5) is 41.1. The lowest BCUT2D eigenvalue weighted by Gasteiger charge is -2.11. The van der Waals surface area contributed by atoms with Crippen LogP contribution in [0.2, 0.25) is 0 Å². The van der Waals surface area contributed by atoms with Gasteiger partial charge in [0, 0.05) is 6.07 Å². The van der Waals surface area contributed by atoms with E-state index in [4.69, 9.17) is 9.57 Å². The van der Waals surface area contributed by atoms with E-state index in [9.17, 15) is 14.4 Å². The molecular formula is C14H9N3O5. The van der Waals surface area contributed by atoms with Crippen LogP contribution >= 0.6 is 0 Å². The Morgan fingerprint density at radius 1 is 1.18 bits per heavy atom. The monoisotopic (exact) mass is 299 g/mol. The first-order valence-electron chi connectivity index (χ1n) is 6.56. The molecule has 0 unspecified atom stereocenters. The molecule has 3 heterocycles. The summed E-state index contributed by atoms with van der Waals surface area (Å²) in [6.07, 6.45) is 0. The molecule has 0 spiro atoms. The van der Waals surface area contributed by atoms with Crippen molar-refractivity contribution < 1.29 is 24.0 Å². The molecule has 110 valence electrons. The number of hydroxylamine groups is 2. The van der Waals surface area contributed by atoms with Gasteiger partial charge in [0.25, 0.3) is 11.8 Å². The highest BCUT2D eigenvalue weighted by Crippen LogP contribution is 2.24. The minimum absolute atomic E-state index is 0.0220. The van der Waals surface area contributed by atoms with E-state index in [-0.39, 0.29) is 16.8 Å². The molecule has 1 aromatic heterocycles. The number of carbonyl (C=O) groups is 3. The molecule has 0 saturated carbocycles. The van der Waals surface area contributed by atoms with E-state index >= 15 is 0 Å². The smallest absolute Gasteiger partial charge is 0.384 e. The minimum atomic E-state index is -0.889. The molecule has 0 atom stereocenters. The molecule has 2 aliphatic heterocycles. The largest absolute Gasteiger partial charge is 0.476 e. The third kappa shape index (κ3) is 1.70. The summed E-state index contributed by atoms with van der Waals surface area (Å²) in [7, 11) is 0. The van der Waals surface area contributed by atoms with Crippen LogP contribution in [0.4, 0.5) is 0 Å². The fourth-order valence-electron chi connectivity index (χ4n) is 2.39. The van der Waals surface area contributed by atoms with Gasteiger partial charge < -0.3 is 9.57 Å². The maximum absolute atomic E-state index is 12.1. The van der Waals surface area contributed by atoms with Gasteiger partial charge in [0.2, 0.25) is 5.88 Å². The van der Waals surface area contributed by atoms with Crippen molar-refractivity contribution in [3.63, 3.8) is 0 Å². The van der Waals surface area contributed by atoms with E-state index in [0.717, 1.165) is 0 Å². The first-order valence-corrected chi connectivity index (χ1v) is 6.56. The van der Waals surface area contributed by atoms with Gasteiger partial charge in [-0.05, 0) is 12.1 Å². The zero-order valence-electron chi connectivity index (χ0n) is 11.2. The second kappa shape index (κ2) is 4.42. The molecule has 2 aliphatic rings. The molecule has 1 aromatic carbocycles. The molecule has 2 amide bonds. The van der Waals surface area contributed by atoms with Crippen LogP contribution in [-0.4, -0.2) is 39.2 Å². The Kier molecular flexibility index (Phi) is 2.52. The van der Waals surface area contributed by atoms with Crippen LogP contribution < -0.4 is 4.74 Å². The third-order valence-electron chi connectivity index (χ3n) is 3.44. The van der Waals surface area contributed by atoms with Crippen molar-refractivity contribution in [1.29, 1.82) is 0 Å². The highest BCUT2D eigenvalue weighted by atomic mass is 16.7. The highest BCUT2D eigenvalue weighted by molar-refractivity contribution is 6.21. The van der Waals surface area contributed by atoms with Crippen LogP contribution in [0.25, 0.3) is 0 Å². The minimum Gasteiger partial charge on any atom is -0.476 e. The number of aromatic nitrogens is 2. The van der Waals surface area contributed by atoms with Gasteiger partial charge in [-0.25, -0.2) is 9.48 Å². The second-order valence-electron chi connectivity index (χ2n) is 4.77. The van der Waals surface area contributed by atoms with Crippen LogP contribution in [0.15, 0.2) is 30.3 Å². The molecule has 0 N–H and O–H groups in total. The van der Waals surface area contributed by atoms with E-state index in [1.165, 1.54) is 22.9 Å². The number of nitrogens with zero attached hydrogens (tertiary/aromatic N) is 3. The van der Waals surface area contributed by atoms with E-state index < -0.39 is 17.8 Å². The predicted octanol–water partition coefficient (Wildman–Crippen LogP) is 0.643. The van der Waals surface area contributed by atoms with E-state index in [1.54, 1.807) is 12.1 Å². The summed E-state index contributed by atoms with van der Waals surface area (Å²) in [6.45, 7) is 1.03. The van der Waals surface area contributed by atoms with Crippen LogP contribution in [0.1, 0.15) is 31.2 Å². The van der Waals surface area contributed by atoms with Crippen LogP contribution in [-0.2, 0) is 11.4 Å². The van der Waals surface area contributed by atoms with Crippen LogP contribution in [0.3, 0.4) is 0 Å². The Morgan fingerprint density at radius 2 is 1.86 bits per heavy atom. The summed E-state index contributed by atoms with van der Waals surface area (Å²) in [5.41, 5.74) is 0.387. The van der Waals surface area contributed by atoms with Crippen molar-refractivity contribution in [3.05, 3.63) is 47.2 Å². The number of rotatable bonds is 2.